The molecule has 0 aromatic heterocycles. The van der Waals surface area contributed by atoms with Crippen LogP contribution in [0.5, 0.6) is 0 Å². The Morgan fingerprint density at radius 2 is 1.89 bits per heavy atom. The largest absolute Gasteiger partial charge is 0.416 e. The zero-order valence-corrected chi connectivity index (χ0v) is 14.8. The first-order chi connectivity index (χ1) is 12.8. The molecule has 0 bridgehead atoms. The second-order valence-electron chi connectivity index (χ2n) is 6.03. The highest BCUT2D eigenvalue weighted by molar-refractivity contribution is 8.00. The van der Waals surface area contributed by atoms with Gasteiger partial charge in [-0.1, -0.05) is 0 Å². The molecular formula is C18H15F3N2O3S. The number of nitro groups is 1. The predicted octanol–water partition coefficient (Wildman–Crippen LogP) is 4.69. The molecule has 0 aliphatic carbocycles. The van der Waals surface area contributed by atoms with Crippen LogP contribution in [0.4, 0.5) is 24.5 Å². The van der Waals surface area contributed by atoms with Gasteiger partial charge in [0.2, 0.25) is 5.91 Å². The number of halogens is 3. The van der Waals surface area contributed by atoms with E-state index in [-0.39, 0.29) is 17.3 Å². The molecule has 0 atom stereocenters. The quantitative estimate of drug-likeness (QED) is 0.427. The number of alkyl halides is 3. The van der Waals surface area contributed by atoms with Crippen molar-refractivity contribution in [3.63, 3.8) is 0 Å². The number of nitro benzene ring substituents is 1. The third-order valence-corrected chi connectivity index (χ3v) is 5.23. The highest BCUT2D eigenvalue weighted by Crippen LogP contribution is 2.35. The van der Waals surface area contributed by atoms with E-state index in [2.05, 4.69) is 0 Å². The number of hydrogen-bond donors (Lipinski definition) is 0. The standard InChI is InChI=1S/C18H15F3N2O3S/c19-18(20,21)13-3-8-16-12(10-13)2-1-9-22(16)17(24)11-27-15-6-4-14(5-7-15)23(25)26/h3-8,10H,1-2,9,11H2. The average molecular weight is 396 g/mol. The summed E-state index contributed by atoms with van der Waals surface area (Å²) in [5.74, 6) is -0.114. The van der Waals surface area contributed by atoms with Crippen LogP contribution in [-0.4, -0.2) is 23.1 Å². The van der Waals surface area contributed by atoms with Crippen molar-refractivity contribution < 1.29 is 22.9 Å². The molecule has 5 nitrogen and oxygen atoms in total. The molecule has 0 N–H and O–H groups in total. The minimum Gasteiger partial charge on any atom is -0.311 e. The molecule has 1 aliphatic heterocycles. The molecule has 27 heavy (non-hydrogen) atoms. The van der Waals surface area contributed by atoms with E-state index in [0.29, 0.717) is 35.5 Å². The number of fused-ring (bicyclic) bond motifs is 1. The lowest BCUT2D eigenvalue weighted by molar-refractivity contribution is -0.384. The van der Waals surface area contributed by atoms with Gasteiger partial charge < -0.3 is 4.90 Å². The maximum atomic E-state index is 12.9. The molecule has 1 amide bonds. The van der Waals surface area contributed by atoms with Crippen molar-refractivity contribution >= 4 is 29.0 Å². The van der Waals surface area contributed by atoms with Crippen LogP contribution >= 0.6 is 11.8 Å². The number of benzene rings is 2. The Balaban J connectivity index is 1.70. The second-order valence-corrected chi connectivity index (χ2v) is 7.08. The molecule has 0 saturated carbocycles. The minimum atomic E-state index is -4.41. The molecule has 0 spiro atoms. The molecule has 0 radical (unpaired) electrons. The SMILES string of the molecule is O=C(CSc1ccc([N+](=O)[O-])cc1)N1CCCc2cc(C(F)(F)F)ccc21. The van der Waals surface area contributed by atoms with Crippen molar-refractivity contribution in [2.45, 2.75) is 23.9 Å². The average Bonchev–Trinajstić information content (AvgIpc) is 2.64. The first-order valence-electron chi connectivity index (χ1n) is 8.13. The summed E-state index contributed by atoms with van der Waals surface area (Å²) in [5, 5.41) is 10.7. The number of carbonyl (C=O) groups is 1. The molecule has 0 fully saturated rings. The molecule has 1 aliphatic rings. The number of rotatable bonds is 4. The van der Waals surface area contributed by atoms with Gasteiger partial charge in [0.15, 0.2) is 0 Å². The van der Waals surface area contributed by atoms with Crippen LogP contribution in [0.15, 0.2) is 47.4 Å². The zero-order chi connectivity index (χ0) is 19.6. The van der Waals surface area contributed by atoms with Gasteiger partial charge in [-0.25, -0.2) is 0 Å². The highest BCUT2D eigenvalue weighted by atomic mass is 32.2. The van der Waals surface area contributed by atoms with Gasteiger partial charge in [0.25, 0.3) is 5.69 Å². The van der Waals surface area contributed by atoms with E-state index in [9.17, 15) is 28.1 Å². The second kappa shape index (κ2) is 7.59. The Kier molecular flexibility index (Phi) is 5.41. The fourth-order valence-corrected chi connectivity index (χ4v) is 3.69. The first-order valence-corrected chi connectivity index (χ1v) is 9.12. The number of nitrogens with zero attached hydrogens (tertiary/aromatic N) is 2. The van der Waals surface area contributed by atoms with Crippen molar-refractivity contribution in [2.24, 2.45) is 0 Å². The lowest BCUT2D eigenvalue weighted by Gasteiger charge is -2.30. The topological polar surface area (TPSA) is 63.4 Å². The van der Waals surface area contributed by atoms with E-state index in [1.165, 1.54) is 34.9 Å². The number of non-ortho nitro benzene ring substituents is 1. The number of aryl methyl sites for hydroxylation is 1. The smallest absolute Gasteiger partial charge is 0.311 e. The zero-order valence-electron chi connectivity index (χ0n) is 14.0. The number of anilines is 1. The van der Waals surface area contributed by atoms with Crippen LogP contribution in [0, 0.1) is 10.1 Å². The lowest BCUT2D eigenvalue weighted by Crippen LogP contribution is -2.36. The number of hydrogen-bond acceptors (Lipinski definition) is 4. The van der Waals surface area contributed by atoms with Crippen LogP contribution in [0.3, 0.4) is 0 Å². The maximum absolute atomic E-state index is 12.9. The number of carbonyl (C=O) groups excluding carboxylic acids is 1. The van der Waals surface area contributed by atoms with Crippen molar-refractivity contribution in [1.29, 1.82) is 0 Å². The molecule has 2 aromatic carbocycles. The Hall–Kier alpha value is -2.55. The fourth-order valence-electron chi connectivity index (χ4n) is 2.92. The Morgan fingerprint density at radius 3 is 2.52 bits per heavy atom. The normalized spacial score (nSPS) is 14.0. The molecule has 2 aromatic rings. The predicted molar refractivity (Wildman–Crippen MR) is 95.9 cm³/mol. The van der Waals surface area contributed by atoms with Gasteiger partial charge in [-0.2, -0.15) is 13.2 Å². The molecular weight excluding hydrogens is 381 g/mol. The Morgan fingerprint density at radius 1 is 1.19 bits per heavy atom. The third kappa shape index (κ3) is 4.41. The first kappa shape index (κ1) is 19.2. The molecule has 9 heteroatoms. The van der Waals surface area contributed by atoms with E-state index in [0.717, 1.165) is 12.1 Å². The van der Waals surface area contributed by atoms with Crippen molar-refractivity contribution in [3.05, 3.63) is 63.7 Å². The van der Waals surface area contributed by atoms with E-state index in [1.54, 1.807) is 12.1 Å². The summed E-state index contributed by atoms with van der Waals surface area (Å²) in [6.45, 7) is 0.456. The van der Waals surface area contributed by atoms with Crippen LogP contribution in [0.2, 0.25) is 0 Å². The monoisotopic (exact) mass is 396 g/mol. The fraction of sp³-hybridized carbons (Fsp3) is 0.278. The maximum Gasteiger partial charge on any atom is 0.416 e. The third-order valence-electron chi connectivity index (χ3n) is 4.24. The van der Waals surface area contributed by atoms with Crippen LogP contribution < -0.4 is 4.90 Å². The molecule has 1 heterocycles. The van der Waals surface area contributed by atoms with E-state index >= 15 is 0 Å². The number of thioether (sulfide) groups is 1. The van der Waals surface area contributed by atoms with Crippen molar-refractivity contribution in [1.82, 2.24) is 0 Å². The molecule has 0 unspecified atom stereocenters. The highest BCUT2D eigenvalue weighted by Gasteiger charge is 2.32. The van der Waals surface area contributed by atoms with Crippen LogP contribution in [-0.2, 0) is 17.4 Å². The van der Waals surface area contributed by atoms with Gasteiger partial charge in [-0.3, -0.25) is 14.9 Å². The van der Waals surface area contributed by atoms with Gasteiger partial charge in [-0.05, 0) is 48.7 Å². The molecule has 0 saturated heterocycles. The van der Waals surface area contributed by atoms with E-state index < -0.39 is 16.7 Å². The van der Waals surface area contributed by atoms with Gasteiger partial charge in [0, 0.05) is 29.3 Å². The van der Waals surface area contributed by atoms with Crippen LogP contribution in [0.1, 0.15) is 17.5 Å². The Bertz CT molecular complexity index is 869. The minimum absolute atomic E-state index is 0.0314. The summed E-state index contributed by atoms with van der Waals surface area (Å²) >= 11 is 1.23. The van der Waals surface area contributed by atoms with Crippen LogP contribution in [0.25, 0.3) is 0 Å². The van der Waals surface area contributed by atoms with E-state index in [1.807, 2.05) is 0 Å². The lowest BCUT2D eigenvalue weighted by atomic mass is 9.99. The summed E-state index contributed by atoms with van der Waals surface area (Å²) < 4.78 is 38.6. The van der Waals surface area contributed by atoms with Gasteiger partial charge in [0.05, 0.1) is 16.2 Å². The molecule has 3 rings (SSSR count). The Labute approximate surface area is 157 Å². The van der Waals surface area contributed by atoms with E-state index in [4.69, 9.17) is 0 Å². The van der Waals surface area contributed by atoms with Crippen molar-refractivity contribution in [3.8, 4) is 0 Å². The van der Waals surface area contributed by atoms with Gasteiger partial charge in [-0.15, -0.1) is 11.8 Å². The van der Waals surface area contributed by atoms with Gasteiger partial charge >= 0.3 is 6.18 Å². The summed E-state index contributed by atoms with van der Waals surface area (Å²) in [6, 6.07) is 9.31. The number of amides is 1. The summed E-state index contributed by atoms with van der Waals surface area (Å²) in [4.78, 5) is 24.9. The summed E-state index contributed by atoms with van der Waals surface area (Å²) in [6.07, 6.45) is -3.31. The van der Waals surface area contributed by atoms with Gasteiger partial charge in [0.1, 0.15) is 0 Å². The molecule has 142 valence electrons. The van der Waals surface area contributed by atoms with Crippen molar-refractivity contribution in [2.75, 3.05) is 17.2 Å². The summed E-state index contributed by atoms with van der Waals surface area (Å²) in [5.41, 5.74) is 0.292. The summed E-state index contributed by atoms with van der Waals surface area (Å²) in [7, 11) is 0.